The van der Waals surface area contributed by atoms with Crippen LogP contribution in [0.15, 0.2) is 17.0 Å². The lowest BCUT2D eigenvalue weighted by atomic mass is 9.82. The Bertz CT molecular complexity index is 623. The van der Waals surface area contributed by atoms with E-state index in [1.165, 1.54) is 0 Å². The van der Waals surface area contributed by atoms with Crippen LogP contribution >= 0.6 is 0 Å². The van der Waals surface area contributed by atoms with Gasteiger partial charge in [-0.3, -0.25) is 0 Å². The van der Waals surface area contributed by atoms with E-state index in [0.29, 0.717) is 11.8 Å². The molecule has 7 heteroatoms. The minimum Gasteiger partial charge on any atom is -0.487 e. The molecule has 2 unspecified atom stereocenters. The Morgan fingerprint density at radius 2 is 1.67 bits per heavy atom. The van der Waals surface area contributed by atoms with Gasteiger partial charge in [-0.15, -0.1) is 0 Å². The van der Waals surface area contributed by atoms with Gasteiger partial charge in [0, 0.05) is 0 Å². The van der Waals surface area contributed by atoms with E-state index in [4.69, 9.17) is 9.88 Å². The number of halogens is 2. The monoisotopic (exact) mass is 319 g/mol. The fraction of sp³-hybridized carbons (Fsp3) is 0.571. The summed E-state index contributed by atoms with van der Waals surface area (Å²) in [6.45, 7) is 4.18. The zero-order chi connectivity index (χ0) is 15.8. The van der Waals surface area contributed by atoms with Crippen LogP contribution in [0.2, 0.25) is 0 Å². The van der Waals surface area contributed by atoms with E-state index in [1.807, 2.05) is 0 Å². The highest BCUT2D eigenvalue weighted by molar-refractivity contribution is 7.89. The van der Waals surface area contributed by atoms with Crippen LogP contribution in [0.1, 0.15) is 33.1 Å². The van der Waals surface area contributed by atoms with Crippen molar-refractivity contribution in [3.63, 3.8) is 0 Å². The van der Waals surface area contributed by atoms with Crippen LogP contribution in [-0.4, -0.2) is 14.5 Å². The number of benzene rings is 1. The summed E-state index contributed by atoms with van der Waals surface area (Å²) in [5.41, 5.74) is 0. The molecule has 0 amide bonds. The van der Waals surface area contributed by atoms with Crippen LogP contribution < -0.4 is 9.88 Å². The lowest BCUT2D eigenvalue weighted by Crippen LogP contribution is -2.29. The Morgan fingerprint density at radius 1 is 1.10 bits per heavy atom. The molecule has 21 heavy (non-hydrogen) atoms. The van der Waals surface area contributed by atoms with Crippen molar-refractivity contribution in [1.29, 1.82) is 0 Å². The summed E-state index contributed by atoms with van der Waals surface area (Å²) < 4.78 is 55.4. The SMILES string of the molecule is CC1CC(C)CC(Oc2ccc(S(N)(=O)=O)c(F)c2F)C1. The van der Waals surface area contributed by atoms with E-state index >= 15 is 0 Å². The molecule has 118 valence electrons. The van der Waals surface area contributed by atoms with Crippen molar-refractivity contribution in [3.05, 3.63) is 23.8 Å². The van der Waals surface area contributed by atoms with Gasteiger partial charge in [0.1, 0.15) is 4.90 Å². The van der Waals surface area contributed by atoms with Gasteiger partial charge in [0.2, 0.25) is 15.8 Å². The summed E-state index contributed by atoms with van der Waals surface area (Å²) in [5, 5.41) is 4.82. The molecule has 1 fully saturated rings. The van der Waals surface area contributed by atoms with E-state index in [2.05, 4.69) is 13.8 Å². The summed E-state index contributed by atoms with van der Waals surface area (Å²) >= 11 is 0. The number of sulfonamides is 1. The van der Waals surface area contributed by atoms with Gasteiger partial charge < -0.3 is 4.74 Å². The molecule has 0 saturated heterocycles. The van der Waals surface area contributed by atoms with Crippen molar-refractivity contribution in [2.75, 3.05) is 0 Å². The third-order valence-electron chi connectivity index (χ3n) is 3.75. The minimum absolute atomic E-state index is 0.196. The Hall–Kier alpha value is -1.21. The normalized spacial score (nSPS) is 26.6. The summed E-state index contributed by atoms with van der Waals surface area (Å²) in [6, 6.07) is 2.04. The quantitative estimate of drug-likeness (QED) is 0.931. The van der Waals surface area contributed by atoms with Crippen LogP contribution in [0.4, 0.5) is 8.78 Å². The first kappa shape index (κ1) is 16.2. The first-order valence-corrected chi connectivity index (χ1v) is 8.40. The van der Waals surface area contributed by atoms with Crippen molar-refractivity contribution in [3.8, 4) is 5.75 Å². The van der Waals surface area contributed by atoms with Gasteiger partial charge in [0.15, 0.2) is 11.6 Å². The molecule has 1 saturated carbocycles. The highest BCUT2D eigenvalue weighted by atomic mass is 32.2. The summed E-state index contributed by atoms with van der Waals surface area (Å²) in [7, 11) is -4.29. The molecular weight excluding hydrogens is 300 g/mol. The average Bonchev–Trinajstić information content (AvgIpc) is 2.32. The second-order valence-electron chi connectivity index (χ2n) is 5.89. The van der Waals surface area contributed by atoms with Gasteiger partial charge in [-0.25, -0.2) is 17.9 Å². The maximum absolute atomic E-state index is 13.9. The number of ether oxygens (including phenoxy) is 1. The third-order valence-corrected chi connectivity index (χ3v) is 4.68. The lowest BCUT2D eigenvalue weighted by Gasteiger charge is -2.31. The zero-order valence-electron chi connectivity index (χ0n) is 12.0. The molecule has 2 N–H and O–H groups in total. The predicted octanol–water partition coefficient (Wildman–Crippen LogP) is 2.82. The smallest absolute Gasteiger partial charge is 0.241 e. The van der Waals surface area contributed by atoms with E-state index in [-0.39, 0.29) is 11.9 Å². The molecule has 4 nitrogen and oxygen atoms in total. The fourth-order valence-corrected chi connectivity index (χ4v) is 3.57. The Balaban J connectivity index is 2.24. The van der Waals surface area contributed by atoms with Gasteiger partial charge in [-0.05, 0) is 43.2 Å². The molecule has 0 heterocycles. The maximum atomic E-state index is 13.9. The molecule has 0 aliphatic heterocycles. The minimum atomic E-state index is -4.29. The number of primary sulfonamides is 1. The topological polar surface area (TPSA) is 69.4 Å². The second kappa shape index (κ2) is 5.88. The highest BCUT2D eigenvalue weighted by Gasteiger charge is 2.28. The molecule has 0 radical (unpaired) electrons. The van der Waals surface area contributed by atoms with Crippen LogP contribution in [0, 0.1) is 23.5 Å². The molecule has 1 aliphatic carbocycles. The van der Waals surface area contributed by atoms with Crippen molar-refractivity contribution >= 4 is 10.0 Å². The largest absolute Gasteiger partial charge is 0.487 e. The maximum Gasteiger partial charge on any atom is 0.241 e. The van der Waals surface area contributed by atoms with Gasteiger partial charge in [0.25, 0.3) is 0 Å². The molecule has 2 rings (SSSR count). The summed E-state index contributed by atoms with van der Waals surface area (Å²) in [5.74, 6) is -2.17. The molecule has 1 aliphatic rings. The Kier molecular flexibility index (Phi) is 4.53. The van der Waals surface area contributed by atoms with Gasteiger partial charge >= 0.3 is 0 Å². The van der Waals surface area contributed by atoms with E-state index < -0.39 is 26.6 Å². The van der Waals surface area contributed by atoms with Crippen molar-refractivity contribution < 1.29 is 21.9 Å². The predicted molar refractivity (Wildman–Crippen MR) is 74.3 cm³/mol. The molecule has 2 atom stereocenters. The number of hydrogen-bond acceptors (Lipinski definition) is 3. The van der Waals surface area contributed by atoms with Crippen LogP contribution in [0.5, 0.6) is 5.75 Å². The molecular formula is C14H19F2NO3S. The molecule has 0 spiro atoms. The van der Waals surface area contributed by atoms with Crippen molar-refractivity contribution in [1.82, 2.24) is 0 Å². The third kappa shape index (κ3) is 3.71. The number of nitrogens with two attached hydrogens (primary N) is 1. The van der Waals surface area contributed by atoms with Crippen LogP contribution in [-0.2, 0) is 10.0 Å². The first-order chi connectivity index (χ1) is 9.68. The average molecular weight is 319 g/mol. The van der Waals surface area contributed by atoms with E-state index in [9.17, 15) is 17.2 Å². The van der Waals surface area contributed by atoms with Gasteiger partial charge in [-0.1, -0.05) is 13.8 Å². The van der Waals surface area contributed by atoms with Crippen molar-refractivity contribution in [2.24, 2.45) is 17.0 Å². The van der Waals surface area contributed by atoms with Crippen LogP contribution in [0.3, 0.4) is 0 Å². The molecule has 0 bridgehead atoms. The fourth-order valence-electron chi connectivity index (χ4n) is 2.97. The van der Waals surface area contributed by atoms with Gasteiger partial charge in [-0.2, -0.15) is 4.39 Å². The summed E-state index contributed by atoms with van der Waals surface area (Å²) in [4.78, 5) is -0.863. The van der Waals surface area contributed by atoms with Crippen molar-refractivity contribution in [2.45, 2.75) is 44.1 Å². The van der Waals surface area contributed by atoms with E-state index in [1.54, 1.807) is 0 Å². The second-order valence-corrected chi connectivity index (χ2v) is 7.42. The number of rotatable bonds is 3. The molecule has 1 aromatic carbocycles. The summed E-state index contributed by atoms with van der Waals surface area (Å²) in [6.07, 6.45) is 2.42. The standard InChI is InChI=1S/C14H19F2NO3S/c1-8-5-9(2)7-10(6-8)20-11-3-4-12(21(17,18)19)14(16)13(11)15/h3-4,8-10H,5-7H2,1-2H3,(H2,17,18,19). The molecule has 1 aromatic rings. The first-order valence-electron chi connectivity index (χ1n) is 6.86. The van der Waals surface area contributed by atoms with E-state index in [0.717, 1.165) is 31.4 Å². The number of hydrogen-bond donors (Lipinski definition) is 1. The zero-order valence-corrected chi connectivity index (χ0v) is 12.8. The molecule has 0 aromatic heterocycles. The van der Waals surface area contributed by atoms with Crippen LogP contribution in [0.25, 0.3) is 0 Å². The van der Waals surface area contributed by atoms with Gasteiger partial charge in [0.05, 0.1) is 6.10 Å². The Labute approximate surface area is 123 Å². The Morgan fingerprint density at radius 3 is 2.19 bits per heavy atom. The lowest BCUT2D eigenvalue weighted by molar-refractivity contribution is 0.0960. The highest BCUT2D eigenvalue weighted by Crippen LogP contribution is 2.33.